The van der Waals surface area contributed by atoms with E-state index in [1.165, 1.54) is 0 Å². The van der Waals surface area contributed by atoms with Gasteiger partial charge in [-0.05, 0) is 17.7 Å². The molecule has 2 unspecified atom stereocenters. The van der Waals surface area contributed by atoms with Gasteiger partial charge in [-0.15, -0.1) is 10.2 Å². The second-order valence-corrected chi connectivity index (χ2v) is 12.2. The van der Waals surface area contributed by atoms with Gasteiger partial charge in [-0.2, -0.15) is 0 Å². The Morgan fingerprint density at radius 3 is 1.95 bits per heavy atom. The monoisotopic (exact) mass is 538 g/mol. The number of benzene rings is 3. The van der Waals surface area contributed by atoms with Crippen LogP contribution in [0.5, 0.6) is 0 Å². The smallest absolute Gasteiger partial charge is 0.241 e. The van der Waals surface area contributed by atoms with Crippen molar-refractivity contribution in [3.63, 3.8) is 0 Å². The lowest BCUT2D eigenvalue weighted by atomic mass is 10.00. The first-order chi connectivity index (χ1) is 17.8. The molecule has 1 aromatic heterocycles. The quantitative estimate of drug-likeness (QED) is 0.342. The molecule has 3 aromatic carbocycles. The number of aromatic nitrogens is 2. The number of rotatable bonds is 9. The van der Waals surface area contributed by atoms with Crippen LogP contribution >= 0.6 is 0 Å². The van der Waals surface area contributed by atoms with Crippen molar-refractivity contribution in [2.24, 2.45) is 5.16 Å². The normalized spacial score (nSPS) is 17.7. The largest absolute Gasteiger partial charge is 0.423 e. The Labute approximate surface area is 214 Å². The van der Waals surface area contributed by atoms with Crippen molar-refractivity contribution in [2.75, 3.05) is 4.72 Å². The summed E-state index contributed by atoms with van der Waals surface area (Å²) >= 11 is 0. The zero-order valence-electron chi connectivity index (χ0n) is 19.3. The summed E-state index contributed by atoms with van der Waals surface area (Å²) in [4.78, 5) is 5.62. The molecule has 10 nitrogen and oxygen atoms in total. The van der Waals surface area contributed by atoms with Crippen LogP contribution in [0.15, 0.2) is 101 Å². The second kappa shape index (κ2) is 10.1. The van der Waals surface area contributed by atoms with Crippen LogP contribution in [0.1, 0.15) is 29.0 Å². The van der Waals surface area contributed by atoms with E-state index in [2.05, 4.69) is 20.1 Å². The molecule has 1 aliphatic rings. The predicted octanol–water partition coefficient (Wildman–Crippen LogP) is 3.47. The number of hydrogen-bond acceptors (Lipinski definition) is 9. The summed E-state index contributed by atoms with van der Waals surface area (Å²) < 4.78 is 60.2. The van der Waals surface area contributed by atoms with E-state index < -0.39 is 42.7 Å². The third kappa shape index (κ3) is 5.70. The van der Waals surface area contributed by atoms with E-state index in [9.17, 15) is 16.8 Å². The molecule has 2 heterocycles. The van der Waals surface area contributed by atoms with Crippen LogP contribution in [0.25, 0.3) is 0 Å². The minimum Gasteiger partial charge on any atom is -0.423 e. The molecule has 4 aromatic rings. The maximum atomic E-state index is 13.7. The van der Waals surface area contributed by atoms with Crippen molar-refractivity contribution >= 4 is 31.3 Å². The van der Waals surface area contributed by atoms with Crippen LogP contribution in [-0.4, -0.2) is 38.0 Å². The maximum absolute atomic E-state index is 13.7. The number of para-hydroxylation sites is 1. The average Bonchev–Trinajstić information content (AvgIpc) is 3.52. The van der Waals surface area contributed by atoms with E-state index in [-0.39, 0.29) is 17.5 Å². The lowest BCUT2D eigenvalue weighted by Gasteiger charge is -2.19. The van der Waals surface area contributed by atoms with Gasteiger partial charge in [0.2, 0.25) is 21.8 Å². The van der Waals surface area contributed by atoms with E-state index in [1.807, 2.05) is 12.1 Å². The Morgan fingerprint density at radius 1 is 0.730 bits per heavy atom. The number of anilines is 1. The number of oxime groups is 1. The number of sulfonamides is 1. The Kier molecular flexibility index (Phi) is 6.76. The van der Waals surface area contributed by atoms with Gasteiger partial charge < -0.3 is 9.25 Å². The molecule has 0 bridgehead atoms. The fraction of sp³-hybridized carbons (Fsp3) is 0.160. The summed E-state index contributed by atoms with van der Waals surface area (Å²) in [6.07, 6.45) is -0.876. The Bertz CT molecular complexity index is 1610. The predicted molar refractivity (Wildman–Crippen MR) is 137 cm³/mol. The lowest BCUT2D eigenvalue weighted by molar-refractivity contribution is 0.0870. The van der Waals surface area contributed by atoms with Crippen molar-refractivity contribution in [2.45, 2.75) is 22.9 Å². The number of sulfone groups is 1. The number of hydrogen-bond donors (Lipinski definition) is 1. The van der Waals surface area contributed by atoms with Crippen molar-refractivity contribution in [3.8, 4) is 0 Å². The topological polar surface area (TPSA) is 141 Å². The molecule has 1 aliphatic heterocycles. The summed E-state index contributed by atoms with van der Waals surface area (Å²) in [5.74, 6) is -1.68. The zero-order valence-corrected chi connectivity index (χ0v) is 21.0. The minimum atomic E-state index is -4.00. The molecule has 0 aliphatic carbocycles. The average molecular weight is 539 g/mol. The lowest BCUT2D eigenvalue weighted by Crippen LogP contribution is -2.34. The van der Waals surface area contributed by atoms with E-state index in [0.717, 1.165) is 0 Å². The van der Waals surface area contributed by atoms with E-state index in [4.69, 9.17) is 9.25 Å². The van der Waals surface area contributed by atoms with Crippen LogP contribution < -0.4 is 4.72 Å². The van der Waals surface area contributed by atoms with E-state index in [1.54, 1.807) is 78.9 Å². The molecule has 190 valence electrons. The Morgan fingerprint density at radius 2 is 1.30 bits per heavy atom. The Hall–Kier alpha value is -4.03. The van der Waals surface area contributed by atoms with E-state index in [0.29, 0.717) is 16.8 Å². The molecule has 0 radical (unpaired) electrons. The molecule has 12 heteroatoms. The van der Waals surface area contributed by atoms with Gasteiger partial charge in [-0.1, -0.05) is 84.0 Å². The molecule has 37 heavy (non-hydrogen) atoms. The van der Waals surface area contributed by atoms with Crippen molar-refractivity contribution in [1.29, 1.82) is 0 Å². The third-order valence-electron chi connectivity index (χ3n) is 5.59. The highest BCUT2D eigenvalue weighted by atomic mass is 32.2. The molecule has 2 atom stereocenters. The second-order valence-electron chi connectivity index (χ2n) is 8.32. The fourth-order valence-electron chi connectivity index (χ4n) is 3.98. The highest BCUT2D eigenvalue weighted by Crippen LogP contribution is 2.36. The van der Waals surface area contributed by atoms with Crippen LogP contribution in [0.4, 0.5) is 5.69 Å². The zero-order chi connectivity index (χ0) is 25.9. The summed E-state index contributed by atoms with van der Waals surface area (Å²) in [6.45, 7) is 0. The molecule has 5 rings (SSSR count). The van der Waals surface area contributed by atoms with Crippen LogP contribution in [0.3, 0.4) is 0 Å². The van der Waals surface area contributed by atoms with Crippen molar-refractivity contribution in [3.05, 3.63) is 114 Å². The van der Waals surface area contributed by atoms with Gasteiger partial charge in [0.15, 0.2) is 21.2 Å². The Balaban J connectivity index is 1.38. The van der Waals surface area contributed by atoms with E-state index >= 15 is 0 Å². The van der Waals surface area contributed by atoms with Crippen LogP contribution in [-0.2, 0) is 36.2 Å². The standard InChI is InChI=1S/C25H22N4O6S2/c30-36(31,16-21-26-27-22(34-21)17-37(32,33)29-20-14-8-3-9-15-20)25-23(18-10-4-1-5-11-18)28-35-24(25)19-12-6-2-7-13-19/h1-15,24-25,29H,16-17H2. The van der Waals surface area contributed by atoms with Gasteiger partial charge in [0.1, 0.15) is 17.2 Å². The van der Waals surface area contributed by atoms with Gasteiger partial charge in [0, 0.05) is 11.3 Å². The van der Waals surface area contributed by atoms with Crippen LogP contribution in [0.2, 0.25) is 0 Å². The van der Waals surface area contributed by atoms with Crippen molar-refractivity contribution < 1.29 is 26.1 Å². The highest BCUT2D eigenvalue weighted by molar-refractivity contribution is 7.92. The molecular formula is C25H22N4O6S2. The maximum Gasteiger partial charge on any atom is 0.241 e. The molecular weight excluding hydrogens is 516 g/mol. The van der Waals surface area contributed by atoms with Gasteiger partial charge in [0.25, 0.3) is 0 Å². The number of nitrogens with one attached hydrogen (secondary N) is 1. The molecule has 1 N–H and O–H groups in total. The highest BCUT2D eigenvalue weighted by Gasteiger charge is 2.46. The third-order valence-corrected chi connectivity index (χ3v) is 8.65. The summed E-state index contributed by atoms with van der Waals surface area (Å²) in [5, 5.41) is 10.5. The van der Waals surface area contributed by atoms with Gasteiger partial charge in [-0.25, -0.2) is 16.8 Å². The number of nitrogens with zero attached hydrogens (tertiary/aromatic N) is 3. The molecule has 0 saturated heterocycles. The summed E-state index contributed by atoms with van der Waals surface area (Å²) in [6, 6.07) is 26.2. The fourth-order valence-corrected chi connectivity index (χ4v) is 6.73. The van der Waals surface area contributed by atoms with Gasteiger partial charge in [-0.3, -0.25) is 4.72 Å². The summed E-state index contributed by atoms with van der Waals surface area (Å²) in [7, 11) is -7.86. The first kappa shape index (κ1) is 24.7. The molecule has 0 fully saturated rings. The van der Waals surface area contributed by atoms with Crippen LogP contribution in [0, 0.1) is 0 Å². The van der Waals surface area contributed by atoms with Crippen molar-refractivity contribution in [1.82, 2.24) is 10.2 Å². The van der Waals surface area contributed by atoms with Gasteiger partial charge in [0.05, 0.1) is 0 Å². The molecule has 0 saturated carbocycles. The first-order valence-corrected chi connectivity index (χ1v) is 14.6. The SMILES string of the molecule is O=S(=O)(Cc1nnc(CS(=O)(=O)C2C(c3ccccc3)=NOC2c2ccccc2)o1)Nc1ccccc1. The minimum absolute atomic E-state index is 0.226. The molecule has 0 amide bonds. The summed E-state index contributed by atoms with van der Waals surface area (Å²) in [5.41, 5.74) is 1.91. The first-order valence-electron chi connectivity index (χ1n) is 11.2. The van der Waals surface area contributed by atoms with Gasteiger partial charge >= 0.3 is 0 Å². The molecule has 0 spiro atoms.